The van der Waals surface area contributed by atoms with Crippen LogP contribution in [0.15, 0.2) is 16.5 Å². The van der Waals surface area contributed by atoms with Gasteiger partial charge in [0.1, 0.15) is 11.5 Å². The standard InChI is InChI=1S/C18H30N2O/c1-12-8-15(12)16-7-6-14(21-16)11-19-13-9-17(2,3)20-18(4,5)10-13/h6-7,12-13,15,19-20H,8-11H2,1-5H3. The first-order valence-electron chi connectivity index (χ1n) is 8.35. The van der Waals surface area contributed by atoms with Gasteiger partial charge in [-0.3, -0.25) is 0 Å². The first kappa shape index (κ1) is 15.1. The van der Waals surface area contributed by atoms with Gasteiger partial charge in [-0.1, -0.05) is 6.92 Å². The Labute approximate surface area is 128 Å². The molecule has 2 fully saturated rings. The molecule has 2 unspecified atom stereocenters. The van der Waals surface area contributed by atoms with Crippen molar-refractivity contribution in [1.82, 2.24) is 10.6 Å². The minimum Gasteiger partial charge on any atom is -0.464 e. The third-order valence-corrected chi connectivity index (χ3v) is 4.91. The quantitative estimate of drug-likeness (QED) is 0.885. The van der Waals surface area contributed by atoms with Gasteiger partial charge in [-0.25, -0.2) is 0 Å². The number of furan rings is 1. The molecule has 1 aliphatic heterocycles. The van der Waals surface area contributed by atoms with Gasteiger partial charge in [0.2, 0.25) is 0 Å². The zero-order chi connectivity index (χ0) is 15.3. The van der Waals surface area contributed by atoms with Crippen LogP contribution >= 0.6 is 0 Å². The summed E-state index contributed by atoms with van der Waals surface area (Å²) in [6.45, 7) is 12.3. The van der Waals surface area contributed by atoms with Crippen LogP contribution in [0.3, 0.4) is 0 Å². The minimum atomic E-state index is 0.192. The Morgan fingerprint density at radius 2 is 1.81 bits per heavy atom. The maximum atomic E-state index is 5.99. The van der Waals surface area contributed by atoms with E-state index in [1.54, 1.807) is 0 Å². The highest BCUT2D eigenvalue weighted by molar-refractivity contribution is 5.17. The van der Waals surface area contributed by atoms with Crippen LogP contribution < -0.4 is 10.6 Å². The van der Waals surface area contributed by atoms with Gasteiger partial charge in [-0.05, 0) is 65.0 Å². The zero-order valence-corrected chi connectivity index (χ0v) is 14.1. The fourth-order valence-corrected chi connectivity index (χ4v) is 4.12. The van der Waals surface area contributed by atoms with Gasteiger partial charge in [-0.15, -0.1) is 0 Å². The maximum Gasteiger partial charge on any atom is 0.117 e. The molecule has 0 radical (unpaired) electrons. The Morgan fingerprint density at radius 3 is 2.38 bits per heavy atom. The average Bonchev–Trinajstić information content (AvgIpc) is 2.86. The lowest BCUT2D eigenvalue weighted by Gasteiger charge is -2.46. The number of nitrogens with one attached hydrogen (secondary N) is 2. The van der Waals surface area contributed by atoms with E-state index in [4.69, 9.17) is 4.42 Å². The van der Waals surface area contributed by atoms with Crippen LogP contribution in [0.4, 0.5) is 0 Å². The second kappa shape index (κ2) is 5.13. The molecule has 1 aliphatic carbocycles. The molecular weight excluding hydrogens is 260 g/mol. The van der Waals surface area contributed by atoms with Crippen molar-refractivity contribution < 1.29 is 4.42 Å². The fourth-order valence-electron chi connectivity index (χ4n) is 4.12. The van der Waals surface area contributed by atoms with Crippen molar-refractivity contribution in [3.8, 4) is 0 Å². The first-order valence-corrected chi connectivity index (χ1v) is 8.35. The van der Waals surface area contributed by atoms with Gasteiger partial charge in [0.25, 0.3) is 0 Å². The zero-order valence-electron chi connectivity index (χ0n) is 14.1. The van der Waals surface area contributed by atoms with Crippen LogP contribution in [0, 0.1) is 5.92 Å². The number of rotatable bonds is 4. The highest BCUT2D eigenvalue weighted by atomic mass is 16.3. The van der Waals surface area contributed by atoms with Crippen molar-refractivity contribution in [2.45, 2.75) is 83.5 Å². The molecule has 2 heterocycles. The number of hydrogen-bond acceptors (Lipinski definition) is 3. The molecule has 3 nitrogen and oxygen atoms in total. The van der Waals surface area contributed by atoms with E-state index in [9.17, 15) is 0 Å². The summed E-state index contributed by atoms with van der Waals surface area (Å²) >= 11 is 0. The van der Waals surface area contributed by atoms with E-state index in [-0.39, 0.29) is 11.1 Å². The van der Waals surface area contributed by atoms with Crippen molar-refractivity contribution in [2.24, 2.45) is 5.92 Å². The third kappa shape index (κ3) is 3.70. The molecule has 21 heavy (non-hydrogen) atoms. The summed E-state index contributed by atoms with van der Waals surface area (Å²) in [4.78, 5) is 0. The van der Waals surface area contributed by atoms with Crippen LogP contribution in [0.25, 0.3) is 0 Å². The first-order chi connectivity index (χ1) is 9.74. The van der Waals surface area contributed by atoms with Crippen molar-refractivity contribution in [3.63, 3.8) is 0 Å². The highest BCUT2D eigenvalue weighted by Gasteiger charge is 2.38. The van der Waals surface area contributed by atoms with Crippen LogP contribution in [-0.2, 0) is 6.54 Å². The topological polar surface area (TPSA) is 37.2 Å². The van der Waals surface area contributed by atoms with Crippen LogP contribution in [-0.4, -0.2) is 17.1 Å². The Kier molecular flexibility index (Phi) is 3.69. The van der Waals surface area contributed by atoms with Crippen LogP contribution in [0.1, 0.15) is 71.3 Å². The molecule has 1 saturated heterocycles. The van der Waals surface area contributed by atoms with Gasteiger partial charge >= 0.3 is 0 Å². The largest absolute Gasteiger partial charge is 0.464 e. The van der Waals surface area contributed by atoms with Crippen LogP contribution in [0.5, 0.6) is 0 Å². The Balaban J connectivity index is 1.56. The third-order valence-electron chi connectivity index (χ3n) is 4.91. The Hall–Kier alpha value is -0.800. The molecule has 0 bridgehead atoms. The maximum absolute atomic E-state index is 5.99. The Morgan fingerprint density at radius 1 is 1.19 bits per heavy atom. The van der Waals surface area contributed by atoms with Crippen LogP contribution in [0.2, 0.25) is 0 Å². The predicted octanol–water partition coefficient (Wildman–Crippen LogP) is 3.80. The van der Waals surface area contributed by atoms with Gasteiger partial charge in [0, 0.05) is 23.0 Å². The second-order valence-corrected chi connectivity index (χ2v) is 8.50. The van der Waals surface area contributed by atoms with E-state index in [1.165, 1.54) is 12.2 Å². The number of hydrogen-bond donors (Lipinski definition) is 2. The summed E-state index contributed by atoms with van der Waals surface area (Å²) in [6, 6.07) is 4.86. The van der Waals surface area contributed by atoms with E-state index in [0.29, 0.717) is 12.0 Å². The summed E-state index contributed by atoms with van der Waals surface area (Å²) in [5, 5.41) is 7.43. The smallest absolute Gasteiger partial charge is 0.117 e. The SMILES string of the molecule is CC1CC1c1ccc(CNC2CC(C)(C)NC(C)(C)C2)o1. The van der Waals surface area contributed by atoms with Gasteiger partial charge in [-0.2, -0.15) is 0 Å². The van der Waals surface area contributed by atoms with Crippen molar-refractivity contribution in [2.75, 3.05) is 0 Å². The highest BCUT2D eigenvalue weighted by Crippen LogP contribution is 2.47. The van der Waals surface area contributed by atoms with Gasteiger partial charge in [0.15, 0.2) is 0 Å². The number of piperidine rings is 1. The molecule has 2 aliphatic rings. The van der Waals surface area contributed by atoms with Gasteiger partial charge in [0.05, 0.1) is 6.54 Å². The molecular formula is C18H30N2O. The van der Waals surface area contributed by atoms with Crippen molar-refractivity contribution in [1.29, 1.82) is 0 Å². The molecule has 0 spiro atoms. The summed E-state index contributed by atoms with van der Waals surface area (Å²) in [5.74, 6) is 3.75. The fraction of sp³-hybridized carbons (Fsp3) is 0.778. The summed E-state index contributed by atoms with van der Waals surface area (Å²) < 4.78 is 5.99. The predicted molar refractivity (Wildman–Crippen MR) is 86.4 cm³/mol. The lowest BCUT2D eigenvalue weighted by atomic mass is 9.79. The summed E-state index contributed by atoms with van der Waals surface area (Å²) in [7, 11) is 0. The lowest BCUT2D eigenvalue weighted by molar-refractivity contribution is 0.144. The molecule has 2 N–H and O–H groups in total. The lowest BCUT2D eigenvalue weighted by Crippen LogP contribution is -2.61. The monoisotopic (exact) mass is 290 g/mol. The van der Waals surface area contributed by atoms with E-state index in [2.05, 4.69) is 57.4 Å². The molecule has 2 atom stereocenters. The molecule has 1 saturated carbocycles. The Bertz CT molecular complexity index is 487. The normalized spacial score (nSPS) is 31.3. The van der Waals surface area contributed by atoms with Gasteiger partial charge < -0.3 is 15.1 Å². The molecule has 3 rings (SSSR count). The molecule has 0 aromatic carbocycles. The molecule has 118 valence electrons. The van der Waals surface area contributed by atoms with Crippen molar-refractivity contribution >= 4 is 0 Å². The second-order valence-electron chi connectivity index (χ2n) is 8.50. The van der Waals surface area contributed by atoms with E-state index in [1.807, 2.05) is 0 Å². The van der Waals surface area contributed by atoms with E-state index >= 15 is 0 Å². The van der Waals surface area contributed by atoms with E-state index in [0.717, 1.165) is 31.1 Å². The van der Waals surface area contributed by atoms with E-state index < -0.39 is 0 Å². The summed E-state index contributed by atoms with van der Waals surface area (Å²) in [6.07, 6.45) is 3.60. The minimum absolute atomic E-state index is 0.192. The molecule has 0 amide bonds. The molecule has 1 aromatic rings. The molecule has 1 aromatic heterocycles. The average molecular weight is 290 g/mol. The molecule has 3 heteroatoms. The van der Waals surface area contributed by atoms with Crippen molar-refractivity contribution in [3.05, 3.63) is 23.7 Å². The summed E-state index contributed by atoms with van der Waals surface area (Å²) in [5.41, 5.74) is 0.383.